The van der Waals surface area contributed by atoms with Gasteiger partial charge in [0, 0.05) is 53.8 Å². The Labute approximate surface area is 210 Å². The minimum absolute atomic E-state index is 0.0787. The normalized spacial score (nSPS) is 16.3. The number of hydrogen-bond donors (Lipinski definition) is 0. The van der Waals surface area contributed by atoms with Gasteiger partial charge < -0.3 is 4.90 Å². The maximum atomic E-state index is 12.4. The lowest BCUT2D eigenvalue weighted by atomic mass is 9.83. The van der Waals surface area contributed by atoms with Crippen LogP contribution in [0.3, 0.4) is 0 Å². The molecule has 0 radical (unpaired) electrons. The molecule has 1 aliphatic heterocycles. The molecule has 3 aromatic heterocycles. The minimum Gasteiger partial charge on any atom is -0.301 e. The van der Waals surface area contributed by atoms with Crippen LogP contribution < -0.4 is 5.56 Å². The Balaban J connectivity index is 1.14. The summed E-state index contributed by atoms with van der Waals surface area (Å²) < 4.78 is 3.57. The molecular weight excluding hydrogens is 450 g/mol. The fourth-order valence-electron chi connectivity index (χ4n) is 4.99. The van der Waals surface area contributed by atoms with E-state index in [1.54, 1.807) is 10.7 Å². The van der Waals surface area contributed by atoms with Crippen LogP contribution in [0.2, 0.25) is 0 Å². The summed E-state index contributed by atoms with van der Waals surface area (Å²) >= 11 is 0. The van der Waals surface area contributed by atoms with E-state index < -0.39 is 0 Å². The maximum Gasteiger partial charge on any atom is 0.267 e. The molecule has 2 aliphatic rings. The predicted octanol–water partition coefficient (Wildman–Crippen LogP) is 3.98. The van der Waals surface area contributed by atoms with E-state index >= 15 is 0 Å². The zero-order valence-corrected chi connectivity index (χ0v) is 20.5. The van der Waals surface area contributed by atoms with Crippen LogP contribution in [-0.2, 0) is 13.1 Å². The SMILES string of the molecule is O=c1ccc(C2CCC2)nn1Cc1cccc(-c2ncc(-c3cnn(CCN4CCCC4)c3)cn2)c1. The Hall–Kier alpha value is -3.65. The van der Waals surface area contributed by atoms with E-state index in [-0.39, 0.29) is 5.56 Å². The third-order valence-electron chi connectivity index (χ3n) is 7.39. The minimum atomic E-state index is -0.0787. The molecule has 0 bridgehead atoms. The Kier molecular flexibility index (Phi) is 6.42. The van der Waals surface area contributed by atoms with Crippen LogP contribution in [0.4, 0.5) is 0 Å². The second kappa shape index (κ2) is 10.1. The van der Waals surface area contributed by atoms with Crippen molar-refractivity contribution < 1.29 is 0 Å². The largest absolute Gasteiger partial charge is 0.301 e. The van der Waals surface area contributed by atoms with Gasteiger partial charge >= 0.3 is 0 Å². The van der Waals surface area contributed by atoms with E-state index in [1.165, 1.54) is 32.4 Å². The van der Waals surface area contributed by atoms with Gasteiger partial charge in [-0.05, 0) is 56.5 Å². The zero-order valence-electron chi connectivity index (χ0n) is 20.5. The predicted molar refractivity (Wildman–Crippen MR) is 139 cm³/mol. The van der Waals surface area contributed by atoms with E-state index in [1.807, 2.05) is 53.6 Å². The van der Waals surface area contributed by atoms with Gasteiger partial charge in [-0.3, -0.25) is 9.48 Å². The lowest BCUT2D eigenvalue weighted by Gasteiger charge is -2.24. The fraction of sp³-hybridized carbons (Fsp3) is 0.393. The second-order valence-electron chi connectivity index (χ2n) is 9.92. The van der Waals surface area contributed by atoms with Gasteiger partial charge in [-0.2, -0.15) is 10.2 Å². The Morgan fingerprint density at radius 1 is 0.861 bits per heavy atom. The van der Waals surface area contributed by atoms with E-state index in [4.69, 9.17) is 0 Å². The molecule has 4 aromatic rings. The molecule has 184 valence electrons. The molecule has 1 saturated heterocycles. The topological polar surface area (TPSA) is 81.7 Å². The molecule has 1 aromatic carbocycles. The molecule has 36 heavy (non-hydrogen) atoms. The van der Waals surface area contributed by atoms with E-state index in [2.05, 4.69) is 31.3 Å². The summed E-state index contributed by atoms with van der Waals surface area (Å²) in [6.45, 7) is 4.77. The molecule has 0 amide bonds. The van der Waals surface area contributed by atoms with Gasteiger partial charge in [0.25, 0.3) is 5.56 Å². The highest BCUT2D eigenvalue weighted by atomic mass is 16.1. The van der Waals surface area contributed by atoms with Crippen molar-refractivity contribution in [3.63, 3.8) is 0 Å². The number of benzene rings is 1. The Bertz CT molecular complexity index is 1380. The molecule has 1 saturated carbocycles. The van der Waals surface area contributed by atoms with Crippen molar-refractivity contribution in [2.45, 2.75) is 51.1 Å². The lowest BCUT2D eigenvalue weighted by Crippen LogP contribution is -2.25. The highest BCUT2D eigenvalue weighted by Crippen LogP contribution is 2.34. The third-order valence-corrected chi connectivity index (χ3v) is 7.39. The van der Waals surface area contributed by atoms with Gasteiger partial charge in [0.05, 0.1) is 25.0 Å². The first-order valence-corrected chi connectivity index (χ1v) is 13.0. The molecule has 0 N–H and O–H groups in total. The summed E-state index contributed by atoms with van der Waals surface area (Å²) in [6, 6.07) is 11.5. The molecule has 8 nitrogen and oxygen atoms in total. The quantitative estimate of drug-likeness (QED) is 0.379. The van der Waals surface area contributed by atoms with Crippen molar-refractivity contribution in [3.05, 3.63) is 82.8 Å². The zero-order chi connectivity index (χ0) is 24.3. The summed E-state index contributed by atoms with van der Waals surface area (Å²) in [6.07, 6.45) is 13.8. The molecule has 4 heterocycles. The van der Waals surface area contributed by atoms with E-state index in [9.17, 15) is 4.79 Å². The summed E-state index contributed by atoms with van der Waals surface area (Å²) in [4.78, 5) is 24.1. The number of nitrogens with zero attached hydrogens (tertiary/aromatic N) is 7. The summed E-state index contributed by atoms with van der Waals surface area (Å²) in [5, 5.41) is 9.16. The standard InChI is InChI=1S/C28H31N7O/c36-27-10-9-26(22-6-4-7-22)32-35(27)19-21-5-3-8-23(15-21)28-29-16-24(17-30-28)25-18-31-34(20-25)14-13-33-11-1-2-12-33/h3,5,8-10,15-18,20,22H,1-2,4,6-7,11-14,19H2. The van der Waals surface area contributed by atoms with Crippen LogP contribution in [0.5, 0.6) is 0 Å². The van der Waals surface area contributed by atoms with Gasteiger partial charge in [-0.1, -0.05) is 24.6 Å². The van der Waals surface area contributed by atoms with Crippen LogP contribution in [0.1, 0.15) is 49.3 Å². The smallest absolute Gasteiger partial charge is 0.267 e. The first-order valence-electron chi connectivity index (χ1n) is 13.0. The van der Waals surface area contributed by atoms with Gasteiger partial charge in [0.1, 0.15) is 0 Å². The van der Waals surface area contributed by atoms with Crippen LogP contribution in [0.15, 0.2) is 66.0 Å². The van der Waals surface area contributed by atoms with Crippen molar-refractivity contribution in [3.8, 4) is 22.5 Å². The van der Waals surface area contributed by atoms with Gasteiger partial charge in [0.15, 0.2) is 5.82 Å². The monoisotopic (exact) mass is 481 g/mol. The molecule has 0 unspecified atom stereocenters. The molecule has 0 spiro atoms. The summed E-state index contributed by atoms with van der Waals surface area (Å²) in [5.41, 5.74) is 4.84. The molecule has 8 heteroatoms. The maximum absolute atomic E-state index is 12.4. The Morgan fingerprint density at radius 2 is 1.69 bits per heavy atom. The van der Waals surface area contributed by atoms with Gasteiger partial charge in [0.2, 0.25) is 0 Å². The lowest BCUT2D eigenvalue weighted by molar-refractivity contribution is 0.316. The van der Waals surface area contributed by atoms with E-state index in [0.29, 0.717) is 18.3 Å². The van der Waals surface area contributed by atoms with Crippen LogP contribution in [-0.4, -0.2) is 54.1 Å². The third kappa shape index (κ3) is 4.99. The van der Waals surface area contributed by atoms with Crippen molar-refractivity contribution in [1.82, 2.24) is 34.4 Å². The second-order valence-corrected chi connectivity index (χ2v) is 9.92. The molecule has 2 fully saturated rings. The number of hydrogen-bond acceptors (Lipinski definition) is 6. The first kappa shape index (κ1) is 22.8. The van der Waals surface area contributed by atoms with E-state index in [0.717, 1.165) is 53.9 Å². The highest BCUT2D eigenvalue weighted by molar-refractivity contribution is 5.62. The van der Waals surface area contributed by atoms with Crippen molar-refractivity contribution in [2.75, 3.05) is 19.6 Å². The molecule has 0 atom stereocenters. The molecule has 1 aliphatic carbocycles. The first-order chi connectivity index (χ1) is 17.7. The fourth-order valence-corrected chi connectivity index (χ4v) is 4.99. The Morgan fingerprint density at radius 3 is 2.47 bits per heavy atom. The van der Waals surface area contributed by atoms with Crippen molar-refractivity contribution in [1.29, 1.82) is 0 Å². The van der Waals surface area contributed by atoms with Gasteiger partial charge in [-0.15, -0.1) is 0 Å². The van der Waals surface area contributed by atoms with Crippen molar-refractivity contribution >= 4 is 0 Å². The number of likely N-dealkylation sites (tertiary alicyclic amines) is 1. The van der Waals surface area contributed by atoms with Gasteiger partial charge in [-0.25, -0.2) is 14.6 Å². The van der Waals surface area contributed by atoms with Crippen LogP contribution >= 0.6 is 0 Å². The average Bonchev–Trinajstić information content (AvgIpc) is 3.56. The molecule has 6 rings (SSSR count). The summed E-state index contributed by atoms with van der Waals surface area (Å²) in [5.74, 6) is 1.15. The summed E-state index contributed by atoms with van der Waals surface area (Å²) in [7, 11) is 0. The highest BCUT2D eigenvalue weighted by Gasteiger charge is 2.21. The number of rotatable bonds is 8. The average molecular weight is 482 g/mol. The number of aromatic nitrogens is 6. The van der Waals surface area contributed by atoms with Crippen LogP contribution in [0, 0.1) is 0 Å². The van der Waals surface area contributed by atoms with Crippen LogP contribution in [0.25, 0.3) is 22.5 Å². The molecular formula is C28H31N7O. The van der Waals surface area contributed by atoms with Crippen molar-refractivity contribution in [2.24, 2.45) is 0 Å².